The van der Waals surface area contributed by atoms with Crippen LogP contribution in [0.2, 0.25) is 0 Å². The minimum Gasteiger partial charge on any atom is -0.461 e. The molecular weight excluding hydrogens is 364 g/mol. The lowest BCUT2D eigenvalue weighted by Crippen LogP contribution is -2.20. The zero-order valence-electron chi connectivity index (χ0n) is 15.1. The van der Waals surface area contributed by atoms with Crippen LogP contribution in [0.1, 0.15) is 52.2 Å². The summed E-state index contributed by atoms with van der Waals surface area (Å²) in [5.41, 5.74) is 2.18. The molecule has 1 N–H and O–H groups in total. The number of thiazole rings is 1. The topological polar surface area (TPSA) is 94.8 Å². The summed E-state index contributed by atoms with van der Waals surface area (Å²) in [6.07, 6.45) is 6.15. The second-order valence-electron chi connectivity index (χ2n) is 6.32. The number of carbonyl (C=O) groups is 1. The number of imidazole rings is 1. The summed E-state index contributed by atoms with van der Waals surface area (Å²) in [7, 11) is 0. The van der Waals surface area contributed by atoms with Crippen molar-refractivity contribution in [1.82, 2.24) is 29.8 Å². The Morgan fingerprint density at radius 2 is 2.30 bits per heavy atom. The molecule has 140 valence electrons. The van der Waals surface area contributed by atoms with Gasteiger partial charge in [0.1, 0.15) is 6.33 Å². The Morgan fingerprint density at radius 3 is 3.07 bits per heavy atom. The fraction of sp³-hybridized carbons (Fsp3) is 0.389. The van der Waals surface area contributed by atoms with E-state index in [-0.39, 0.29) is 17.9 Å². The summed E-state index contributed by atoms with van der Waals surface area (Å²) < 4.78 is 6.84. The Balaban J connectivity index is 1.63. The van der Waals surface area contributed by atoms with Gasteiger partial charge in [-0.2, -0.15) is 0 Å². The standard InChI is InChI=1S/C18H20N6O2S/c1-3-26-17(25)14-9-27-16(22-14)12-4-5-20-15(12)13-8-11(2)21-18(23-13)24-7-6-19-10-24/h6-10,12,15,20H,3-5H2,1-2H3/t12-,15+/m1/s1. The van der Waals surface area contributed by atoms with E-state index >= 15 is 0 Å². The molecule has 1 saturated heterocycles. The van der Waals surface area contributed by atoms with Gasteiger partial charge in [0.2, 0.25) is 5.95 Å². The third-order valence-electron chi connectivity index (χ3n) is 4.46. The molecule has 0 spiro atoms. The van der Waals surface area contributed by atoms with Gasteiger partial charge in [0.05, 0.1) is 23.4 Å². The van der Waals surface area contributed by atoms with Gasteiger partial charge in [-0.3, -0.25) is 4.57 Å². The minimum atomic E-state index is -0.372. The molecule has 3 aromatic rings. The van der Waals surface area contributed by atoms with Crippen LogP contribution in [0.25, 0.3) is 5.95 Å². The molecule has 8 nitrogen and oxygen atoms in total. The van der Waals surface area contributed by atoms with Crippen molar-refractivity contribution in [3.05, 3.63) is 52.3 Å². The normalized spacial score (nSPS) is 19.3. The second kappa shape index (κ2) is 7.53. The van der Waals surface area contributed by atoms with Crippen molar-refractivity contribution in [1.29, 1.82) is 0 Å². The lowest BCUT2D eigenvalue weighted by Gasteiger charge is -2.18. The maximum atomic E-state index is 11.9. The van der Waals surface area contributed by atoms with E-state index < -0.39 is 0 Å². The molecule has 0 bridgehead atoms. The average Bonchev–Trinajstić information content (AvgIpc) is 3.41. The molecule has 0 amide bonds. The van der Waals surface area contributed by atoms with Crippen molar-refractivity contribution >= 4 is 17.3 Å². The molecule has 27 heavy (non-hydrogen) atoms. The van der Waals surface area contributed by atoms with E-state index in [4.69, 9.17) is 9.72 Å². The van der Waals surface area contributed by atoms with E-state index in [9.17, 15) is 4.79 Å². The maximum absolute atomic E-state index is 11.9. The molecule has 3 aromatic heterocycles. The summed E-state index contributed by atoms with van der Waals surface area (Å²) in [6.45, 7) is 4.96. The van der Waals surface area contributed by atoms with Gasteiger partial charge in [0, 0.05) is 29.4 Å². The number of carbonyl (C=O) groups excluding carboxylic acids is 1. The first-order chi connectivity index (χ1) is 13.2. The number of aromatic nitrogens is 5. The van der Waals surface area contributed by atoms with Gasteiger partial charge in [-0.25, -0.2) is 24.7 Å². The first-order valence-electron chi connectivity index (χ1n) is 8.85. The number of aryl methyl sites for hydroxylation is 1. The van der Waals surface area contributed by atoms with Crippen LogP contribution in [-0.2, 0) is 4.74 Å². The lowest BCUT2D eigenvalue weighted by molar-refractivity contribution is 0.0520. The SMILES string of the molecule is CCOC(=O)c1csc([C@@H]2CCN[C@@H]2c2cc(C)nc(-n3ccnc3)n2)n1. The predicted octanol–water partition coefficient (Wildman–Crippen LogP) is 2.42. The summed E-state index contributed by atoms with van der Waals surface area (Å²) in [5, 5.41) is 6.21. The number of hydrogen-bond acceptors (Lipinski definition) is 8. The van der Waals surface area contributed by atoms with E-state index in [0.29, 0.717) is 18.2 Å². The van der Waals surface area contributed by atoms with Crippen molar-refractivity contribution in [2.24, 2.45) is 0 Å². The minimum absolute atomic E-state index is 0.0233. The number of hydrogen-bond donors (Lipinski definition) is 1. The van der Waals surface area contributed by atoms with Gasteiger partial charge < -0.3 is 10.1 Å². The Hall–Kier alpha value is -2.65. The summed E-state index contributed by atoms with van der Waals surface area (Å²) in [4.78, 5) is 29.8. The van der Waals surface area contributed by atoms with Crippen LogP contribution in [0.15, 0.2) is 30.2 Å². The van der Waals surface area contributed by atoms with Gasteiger partial charge in [-0.15, -0.1) is 11.3 Å². The quantitative estimate of drug-likeness (QED) is 0.675. The number of ether oxygens (including phenoxy) is 1. The van der Waals surface area contributed by atoms with Gasteiger partial charge in [-0.1, -0.05) is 0 Å². The zero-order chi connectivity index (χ0) is 18.8. The van der Waals surface area contributed by atoms with Crippen LogP contribution in [-0.4, -0.2) is 43.6 Å². The van der Waals surface area contributed by atoms with Gasteiger partial charge >= 0.3 is 5.97 Å². The molecule has 4 rings (SSSR count). The highest BCUT2D eigenvalue weighted by Crippen LogP contribution is 2.38. The van der Waals surface area contributed by atoms with E-state index in [1.165, 1.54) is 11.3 Å². The fourth-order valence-electron chi connectivity index (χ4n) is 3.27. The van der Waals surface area contributed by atoms with Crippen LogP contribution in [0.3, 0.4) is 0 Å². The Labute approximate surface area is 160 Å². The highest BCUT2D eigenvalue weighted by Gasteiger charge is 2.33. The third kappa shape index (κ3) is 3.60. The van der Waals surface area contributed by atoms with E-state index in [1.807, 2.05) is 19.2 Å². The second-order valence-corrected chi connectivity index (χ2v) is 7.21. The number of esters is 1. The van der Waals surface area contributed by atoms with Crippen molar-refractivity contribution in [2.75, 3.05) is 13.2 Å². The molecule has 2 atom stereocenters. The van der Waals surface area contributed by atoms with E-state index in [1.54, 1.807) is 29.4 Å². The van der Waals surface area contributed by atoms with Crippen molar-refractivity contribution in [2.45, 2.75) is 32.2 Å². The van der Waals surface area contributed by atoms with Crippen LogP contribution in [0.5, 0.6) is 0 Å². The highest BCUT2D eigenvalue weighted by atomic mass is 32.1. The smallest absolute Gasteiger partial charge is 0.357 e. The molecule has 1 fully saturated rings. The maximum Gasteiger partial charge on any atom is 0.357 e. The molecule has 0 aliphatic carbocycles. The lowest BCUT2D eigenvalue weighted by atomic mass is 9.98. The molecule has 9 heteroatoms. The van der Waals surface area contributed by atoms with Gasteiger partial charge in [0.15, 0.2) is 5.69 Å². The van der Waals surface area contributed by atoms with Crippen LogP contribution in [0.4, 0.5) is 0 Å². The molecule has 0 radical (unpaired) electrons. The Morgan fingerprint density at radius 1 is 1.41 bits per heavy atom. The summed E-state index contributed by atoms with van der Waals surface area (Å²) in [6, 6.07) is 2.02. The number of nitrogens with zero attached hydrogens (tertiary/aromatic N) is 5. The molecule has 1 aliphatic rings. The van der Waals surface area contributed by atoms with Crippen molar-refractivity contribution < 1.29 is 9.53 Å². The molecule has 0 unspecified atom stereocenters. The Bertz CT molecular complexity index is 939. The molecule has 4 heterocycles. The fourth-order valence-corrected chi connectivity index (χ4v) is 4.23. The predicted molar refractivity (Wildman–Crippen MR) is 100 cm³/mol. The third-order valence-corrected chi connectivity index (χ3v) is 5.44. The van der Waals surface area contributed by atoms with Crippen molar-refractivity contribution in [3.63, 3.8) is 0 Å². The molecule has 0 saturated carbocycles. The van der Waals surface area contributed by atoms with Gasteiger partial charge in [0.25, 0.3) is 0 Å². The van der Waals surface area contributed by atoms with Crippen molar-refractivity contribution in [3.8, 4) is 5.95 Å². The van der Waals surface area contributed by atoms with Crippen LogP contribution in [0, 0.1) is 6.92 Å². The zero-order valence-corrected chi connectivity index (χ0v) is 15.9. The molecule has 1 aliphatic heterocycles. The average molecular weight is 384 g/mol. The van der Waals surface area contributed by atoms with Crippen LogP contribution < -0.4 is 5.32 Å². The number of rotatable bonds is 5. The summed E-state index contributed by atoms with van der Waals surface area (Å²) >= 11 is 1.50. The Kier molecular flexibility index (Phi) is 4.95. The first kappa shape index (κ1) is 17.7. The molecule has 0 aromatic carbocycles. The van der Waals surface area contributed by atoms with E-state index in [2.05, 4.69) is 20.3 Å². The first-order valence-corrected chi connectivity index (χ1v) is 9.73. The summed E-state index contributed by atoms with van der Waals surface area (Å²) in [5.74, 6) is 0.382. The molecular formula is C18H20N6O2S. The largest absolute Gasteiger partial charge is 0.461 e. The van der Waals surface area contributed by atoms with Crippen LogP contribution >= 0.6 is 11.3 Å². The van der Waals surface area contributed by atoms with E-state index in [0.717, 1.165) is 29.4 Å². The highest BCUT2D eigenvalue weighted by molar-refractivity contribution is 7.09. The monoisotopic (exact) mass is 384 g/mol. The number of nitrogens with one attached hydrogen (secondary N) is 1. The van der Waals surface area contributed by atoms with Gasteiger partial charge in [-0.05, 0) is 32.9 Å².